The quantitative estimate of drug-likeness (QED) is 0.786. The monoisotopic (exact) mass is 334 g/mol. The summed E-state index contributed by atoms with van der Waals surface area (Å²) in [6.45, 7) is -0.234. The van der Waals surface area contributed by atoms with Gasteiger partial charge in [0.1, 0.15) is 5.75 Å². The molecule has 124 valence electrons. The number of aliphatic hydroxyl groups excluding tert-OH is 1. The molecule has 0 spiro atoms. The van der Waals surface area contributed by atoms with Crippen LogP contribution in [0.25, 0.3) is 16.9 Å². The maximum absolute atomic E-state index is 12.2. The molecule has 1 heterocycles. The SMILES string of the molecule is OCc1cc(-c2ccccc2)n(-c2ccc(OC(F)(F)F)cc2)n1. The highest BCUT2D eigenvalue weighted by atomic mass is 19.4. The first-order valence-corrected chi connectivity index (χ1v) is 7.08. The summed E-state index contributed by atoms with van der Waals surface area (Å²) in [5.41, 5.74) is 2.62. The van der Waals surface area contributed by atoms with E-state index >= 15 is 0 Å². The van der Waals surface area contributed by atoms with Crippen molar-refractivity contribution >= 4 is 0 Å². The summed E-state index contributed by atoms with van der Waals surface area (Å²) >= 11 is 0. The second-order valence-electron chi connectivity index (χ2n) is 5.00. The van der Waals surface area contributed by atoms with E-state index in [-0.39, 0.29) is 12.4 Å². The second-order valence-corrected chi connectivity index (χ2v) is 5.00. The lowest BCUT2D eigenvalue weighted by Crippen LogP contribution is -2.17. The molecule has 0 aliphatic carbocycles. The first-order valence-electron chi connectivity index (χ1n) is 7.08. The fourth-order valence-electron chi connectivity index (χ4n) is 2.31. The Morgan fingerprint density at radius 3 is 2.25 bits per heavy atom. The smallest absolute Gasteiger partial charge is 0.406 e. The molecule has 0 fully saturated rings. The van der Waals surface area contributed by atoms with Gasteiger partial charge < -0.3 is 9.84 Å². The molecule has 1 aromatic heterocycles. The number of hydrogen-bond acceptors (Lipinski definition) is 3. The lowest BCUT2D eigenvalue weighted by molar-refractivity contribution is -0.274. The van der Waals surface area contributed by atoms with Gasteiger partial charge in [0.05, 0.1) is 23.7 Å². The Morgan fingerprint density at radius 2 is 1.67 bits per heavy atom. The number of benzene rings is 2. The van der Waals surface area contributed by atoms with E-state index in [4.69, 9.17) is 0 Å². The Kier molecular flexibility index (Phi) is 4.26. The Balaban J connectivity index is 1.98. The summed E-state index contributed by atoms with van der Waals surface area (Å²) in [5, 5.41) is 13.6. The van der Waals surface area contributed by atoms with Crippen LogP contribution in [0.15, 0.2) is 60.7 Å². The fraction of sp³-hybridized carbons (Fsp3) is 0.118. The molecule has 1 N–H and O–H groups in total. The molecule has 0 atom stereocenters. The Bertz CT molecular complexity index is 812. The number of nitrogens with zero attached hydrogens (tertiary/aromatic N) is 2. The van der Waals surface area contributed by atoms with Gasteiger partial charge in [-0.1, -0.05) is 30.3 Å². The van der Waals surface area contributed by atoms with E-state index in [1.807, 2.05) is 30.3 Å². The molecular formula is C17H13F3N2O2. The minimum absolute atomic E-state index is 0.234. The van der Waals surface area contributed by atoms with Crippen LogP contribution in [-0.4, -0.2) is 21.2 Å². The van der Waals surface area contributed by atoms with E-state index in [0.717, 1.165) is 11.3 Å². The zero-order valence-corrected chi connectivity index (χ0v) is 12.4. The Hall–Kier alpha value is -2.80. The Labute approximate surface area is 135 Å². The van der Waals surface area contributed by atoms with Crippen molar-refractivity contribution in [3.8, 4) is 22.7 Å². The second kappa shape index (κ2) is 6.37. The first kappa shape index (κ1) is 16.1. The summed E-state index contributed by atoms with van der Waals surface area (Å²) in [6, 6.07) is 16.5. The molecule has 0 aliphatic rings. The van der Waals surface area contributed by atoms with Crippen LogP contribution in [0, 0.1) is 0 Å². The lowest BCUT2D eigenvalue weighted by Gasteiger charge is -2.11. The zero-order valence-electron chi connectivity index (χ0n) is 12.4. The maximum atomic E-state index is 12.2. The number of aromatic nitrogens is 2. The third kappa shape index (κ3) is 3.57. The van der Waals surface area contributed by atoms with Crippen LogP contribution in [0.1, 0.15) is 5.69 Å². The van der Waals surface area contributed by atoms with Crippen molar-refractivity contribution in [2.45, 2.75) is 13.0 Å². The van der Waals surface area contributed by atoms with Crippen molar-refractivity contribution in [3.05, 3.63) is 66.4 Å². The molecular weight excluding hydrogens is 321 g/mol. The van der Waals surface area contributed by atoms with Gasteiger partial charge in [0.2, 0.25) is 0 Å². The lowest BCUT2D eigenvalue weighted by atomic mass is 10.1. The molecule has 4 nitrogen and oxygen atoms in total. The van der Waals surface area contributed by atoms with Gasteiger partial charge in [-0.05, 0) is 30.3 Å². The van der Waals surface area contributed by atoms with Crippen molar-refractivity contribution < 1.29 is 23.0 Å². The molecule has 3 aromatic rings. The highest BCUT2D eigenvalue weighted by Gasteiger charge is 2.31. The van der Waals surface area contributed by atoms with Gasteiger partial charge in [0, 0.05) is 5.56 Å². The molecule has 0 bridgehead atoms. The third-order valence-electron chi connectivity index (χ3n) is 3.31. The van der Waals surface area contributed by atoms with Crippen LogP contribution in [0.5, 0.6) is 5.75 Å². The highest BCUT2D eigenvalue weighted by Crippen LogP contribution is 2.27. The highest BCUT2D eigenvalue weighted by molar-refractivity contribution is 5.62. The summed E-state index contributed by atoms with van der Waals surface area (Å²) in [7, 11) is 0. The van der Waals surface area contributed by atoms with Crippen molar-refractivity contribution in [3.63, 3.8) is 0 Å². The van der Waals surface area contributed by atoms with Gasteiger partial charge >= 0.3 is 6.36 Å². The molecule has 0 saturated carbocycles. The van der Waals surface area contributed by atoms with E-state index in [0.29, 0.717) is 11.4 Å². The van der Waals surface area contributed by atoms with E-state index in [9.17, 15) is 18.3 Å². The fourth-order valence-corrected chi connectivity index (χ4v) is 2.31. The maximum Gasteiger partial charge on any atom is 0.573 e. The Morgan fingerprint density at radius 1 is 1.00 bits per heavy atom. The largest absolute Gasteiger partial charge is 0.573 e. The minimum Gasteiger partial charge on any atom is -0.406 e. The van der Waals surface area contributed by atoms with Crippen molar-refractivity contribution in [1.29, 1.82) is 0 Å². The van der Waals surface area contributed by atoms with Gasteiger partial charge in [0.25, 0.3) is 0 Å². The molecule has 2 aromatic carbocycles. The predicted octanol–water partition coefficient (Wildman–Crippen LogP) is 3.93. The van der Waals surface area contributed by atoms with Gasteiger partial charge in [-0.25, -0.2) is 4.68 Å². The summed E-state index contributed by atoms with van der Waals surface area (Å²) in [4.78, 5) is 0. The molecule has 0 saturated heterocycles. The predicted molar refractivity (Wildman–Crippen MR) is 81.6 cm³/mol. The number of aliphatic hydroxyl groups is 1. The van der Waals surface area contributed by atoms with Crippen LogP contribution in [0.3, 0.4) is 0 Å². The van der Waals surface area contributed by atoms with Crippen LogP contribution in [0.4, 0.5) is 13.2 Å². The standard InChI is InChI=1S/C17H13F3N2O2/c18-17(19,20)24-15-8-6-14(7-9-15)22-16(10-13(11-23)21-22)12-4-2-1-3-5-12/h1-10,23H,11H2. The molecule has 24 heavy (non-hydrogen) atoms. The topological polar surface area (TPSA) is 47.3 Å². The van der Waals surface area contributed by atoms with Crippen molar-refractivity contribution in [1.82, 2.24) is 9.78 Å². The molecule has 0 amide bonds. The van der Waals surface area contributed by atoms with Crippen LogP contribution in [0.2, 0.25) is 0 Å². The van der Waals surface area contributed by atoms with Gasteiger partial charge in [0.15, 0.2) is 0 Å². The summed E-state index contributed by atoms with van der Waals surface area (Å²) < 4.78 is 42.1. The number of ether oxygens (including phenoxy) is 1. The number of halogens is 3. The zero-order chi connectivity index (χ0) is 17.2. The first-order chi connectivity index (χ1) is 11.5. The van der Waals surface area contributed by atoms with Crippen LogP contribution < -0.4 is 4.74 Å². The molecule has 0 radical (unpaired) electrons. The molecule has 0 aliphatic heterocycles. The van der Waals surface area contributed by atoms with E-state index in [2.05, 4.69) is 9.84 Å². The van der Waals surface area contributed by atoms with E-state index in [1.165, 1.54) is 24.3 Å². The third-order valence-corrected chi connectivity index (χ3v) is 3.31. The van der Waals surface area contributed by atoms with Gasteiger partial charge in [-0.15, -0.1) is 13.2 Å². The summed E-state index contributed by atoms with van der Waals surface area (Å²) in [6.07, 6.45) is -4.73. The van der Waals surface area contributed by atoms with Gasteiger partial charge in [-0.3, -0.25) is 0 Å². The van der Waals surface area contributed by atoms with Crippen LogP contribution >= 0.6 is 0 Å². The minimum atomic E-state index is -4.73. The molecule has 7 heteroatoms. The van der Waals surface area contributed by atoms with Crippen LogP contribution in [-0.2, 0) is 6.61 Å². The molecule has 0 unspecified atom stereocenters. The average molecular weight is 334 g/mol. The number of alkyl halides is 3. The van der Waals surface area contributed by atoms with E-state index < -0.39 is 6.36 Å². The normalized spacial score (nSPS) is 11.5. The average Bonchev–Trinajstić information content (AvgIpc) is 2.99. The van der Waals surface area contributed by atoms with E-state index in [1.54, 1.807) is 10.7 Å². The van der Waals surface area contributed by atoms with Crippen molar-refractivity contribution in [2.24, 2.45) is 0 Å². The molecule has 3 rings (SSSR count). The van der Waals surface area contributed by atoms with Gasteiger partial charge in [-0.2, -0.15) is 5.10 Å². The summed E-state index contributed by atoms with van der Waals surface area (Å²) in [5.74, 6) is -0.304. The van der Waals surface area contributed by atoms with Crippen molar-refractivity contribution in [2.75, 3.05) is 0 Å². The number of rotatable bonds is 4. The number of hydrogen-bond donors (Lipinski definition) is 1.